The molecule has 11 heteroatoms. The maximum absolute atomic E-state index is 11.7. The van der Waals surface area contributed by atoms with Gasteiger partial charge in [0.15, 0.2) is 5.82 Å². The molecule has 2 heterocycles. The Kier molecular flexibility index (Phi) is 3.45. The summed E-state index contributed by atoms with van der Waals surface area (Å²) in [6.07, 6.45) is 2.26. The van der Waals surface area contributed by atoms with Crippen molar-refractivity contribution in [3.63, 3.8) is 0 Å². The second-order valence-corrected chi connectivity index (χ2v) is 3.71. The van der Waals surface area contributed by atoms with E-state index in [1.54, 1.807) is 6.92 Å². The molecule has 1 atom stereocenters. The summed E-state index contributed by atoms with van der Waals surface area (Å²) in [5.41, 5.74) is -0.168. The molecule has 19 heavy (non-hydrogen) atoms. The topological polar surface area (TPSA) is 145 Å². The van der Waals surface area contributed by atoms with E-state index in [9.17, 15) is 14.9 Å². The van der Waals surface area contributed by atoms with Crippen LogP contribution >= 0.6 is 0 Å². The predicted molar refractivity (Wildman–Crippen MR) is 59.6 cm³/mol. The summed E-state index contributed by atoms with van der Waals surface area (Å²) in [5, 5.41) is 29.9. The lowest BCUT2D eigenvalue weighted by Crippen LogP contribution is -2.30. The van der Waals surface area contributed by atoms with E-state index in [-0.39, 0.29) is 18.1 Å². The molecule has 0 bridgehead atoms. The van der Waals surface area contributed by atoms with E-state index >= 15 is 0 Å². The van der Waals surface area contributed by atoms with Crippen LogP contribution in [-0.4, -0.2) is 41.2 Å². The molecule has 0 fully saturated rings. The first-order valence-electron chi connectivity index (χ1n) is 5.26. The number of H-pyrrole nitrogens is 1. The van der Waals surface area contributed by atoms with Crippen LogP contribution in [0.25, 0.3) is 0 Å². The Morgan fingerprint density at radius 1 is 1.68 bits per heavy atom. The molecule has 0 aliphatic rings. The van der Waals surface area contributed by atoms with Crippen LogP contribution in [0.1, 0.15) is 18.8 Å². The summed E-state index contributed by atoms with van der Waals surface area (Å²) < 4.78 is 1.18. The van der Waals surface area contributed by atoms with Gasteiger partial charge in [0.2, 0.25) is 5.91 Å². The zero-order valence-electron chi connectivity index (χ0n) is 9.85. The highest BCUT2D eigenvalue weighted by Crippen LogP contribution is 2.08. The lowest BCUT2D eigenvalue weighted by molar-refractivity contribution is -0.385. The molecular formula is C8H10N8O3. The van der Waals surface area contributed by atoms with E-state index in [1.165, 1.54) is 10.9 Å². The highest BCUT2D eigenvalue weighted by molar-refractivity contribution is 5.76. The van der Waals surface area contributed by atoms with Crippen molar-refractivity contribution in [1.29, 1.82) is 0 Å². The van der Waals surface area contributed by atoms with Crippen molar-refractivity contribution in [2.45, 2.75) is 19.5 Å². The maximum atomic E-state index is 11.7. The SMILES string of the molecule is CC(NC(=O)Cn1cc([N+](=O)[O-])cn1)c1nn[nH]n1. The van der Waals surface area contributed by atoms with Crippen molar-refractivity contribution < 1.29 is 9.72 Å². The van der Waals surface area contributed by atoms with Crippen LogP contribution in [-0.2, 0) is 11.3 Å². The summed E-state index contributed by atoms with van der Waals surface area (Å²) in [6, 6.07) is -0.420. The van der Waals surface area contributed by atoms with E-state index in [0.29, 0.717) is 5.82 Å². The first-order chi connectivity index (χ1) is 9.06. The average molecular weight is 266 g/mol. The van der Waals surface area contributed by atoms with Gasteiger partial charge >= 0.3 is 5.69 Å². The van der Waals surface area contributed by atoms with Crippen molar-refractivity contribution in [1.82, 2.24) is 35.7 Å². The van der Waals surface area contributed by atoms with E-state index in [2.05, 4.69) is 31.0 Å². The predicted octanol–water partition coefficient (Wildman–Crippen LogP) is -0.818. The Morgan fingerprint density at radius 3 is 3.05 bits per heavy atom. The van der Waals surface area contributed by atoms with E-state index in [4.69, 9.17) is 0 Å². The van der Waals surface area contributed by atoms with E-state index in [1.807, 2.05) is 0 Å². The molecule has 0 aromatic carbocycles. The standard InChI is InChI=1S/C8H10N8O3/c1-5(8-11-13-14-12-8)10-7(17)4-15-3-6(2-9-15)16(18)19/h2-3,5H,4H2,1H3,(H,10,17)(H,11,12,13,14). The second-order valence-electron chi connectivity index (χ2n) is 3.71. The third-order valence-electron chi connectivity index (χ3n) is 2.26. The largest absolute Gasteiger partial charge is 0.345 e. The van der Waals surface area contributed by atoms with Gasteiger partial charge in [0.25, 0.3) is 0 Å². The van der Waals surface area contributed by atoms with Crippen molar-refractivity contribution in [3.8, 4) is 0 Å². The second kappa shape index (κ2) is 5.20. The number of aromatic amines is 1. The fraction of sp³-hybridized carbons (Fsp3) is 0.375. The van der Waals surface area contributed by atoms with Crippen molar-refractivity contribution >= 4 is 11.6 Å². The minimum absolute atomic E-state index is 0.129. The zero-order valence-corrected chi connectivity index (χ0v) is 9.85. The highest BCUT2D eigenvalue weighted by Gasteiger charge is 2.15. The van der Waals surface area contributed by atoms with Crippen LogP contribution in [0.3, 0.4) is 0 Å². The molecule has 0 saturated heterocycles. The number of amides is 1. The number of nitrogens with one attached hydrogen (secondary N) is 2. The van der Waals surface area contributed by atoms with Crippen LogP contribution in [0.5, 0.6) is 0 Å². The molecule has 1 amide bonds. The van der Waals surface area contributed by atoms with Gasteiger partial charge < -0.3 is 5.32 Å². The molecule has 11 nitrogen and oxygen atoms in total. The number of nitro groups is 1. The van der Waals surface area contributed by atoms with Gasteiger partial charge in [-0.15, -0.1) is 10.2 Å². The van der Waals surface area contributed by atoms with Crippen LogP contribution < -0.4 is 5.32 Å². The van der Waals surface area contributed by atoms with Crippen molar-refractivity contribution in [2.24, 2.45) is 0 Å². The number of hydrogen-bond donors (Lipinski definition) is 2. The van der Waals surface area contributed by atoms with Gasteiger partial charge in [-0.3, -0.25) is 19.6 Å². The summed E-state index contributed by atoms with van der Waals surface area (Å²) >= 11 is 0. The molecule has 2 aromatic rings. The number of hydrogen-bond acceptors (Lipinski definition) is 7. The van der Waals surface area contributed by atoms with E-state index < -0.39 is 11.0 Å². The van der Waals surface area contributed by atoms with Gasteiger partial charge in [-0.25, -0.2) is 0 Å². The Morgan fingerprint density at radius 2 is 2.47 bits per heavy atom. The fourth-order valence-electron chi connectivity index (χ4n) is 1.39. The molecule has 2 rings (SSSR count). The molecule has 0 radical (unpaired) electrons. The molecule has 100 valence electrons. The number of tetrazole rings is 1. The lowest BCUT2D eigenvalue weighted by atomic mass is 10.3. The summed E-state index contributed by atoms with van der Waals surface area (Å²) in [6.45, 7) is 1.56. The highest BCUT2D eigenvalue weighted by atomic mass is 16.6. The number of carbonyl (C=O) groups is 1. The summed E-state index contributed by atoms with van der Waals surface area (Å²) in [7, 11) is 0. The first-order valence-corrected chi connectivity index (χ1v) is 5.26. The van der Waals surface area contributed by atoms with Gasteiger partial charge in [-0.05, 0) is 6.92 Å². The molecule has 0 saturated carbocycles. The fourth-order valence-corrected chi connectivity index (χ4v) is 1.39. The maximum Gasteiger partial charge on any atom is 0.307 e. The smallest absolute Gasteiger partial charge is 0.307 e. The summed E-state index contributed by atoms with van der Waals surface area (Å²) in [5.74, 6) is -0.0184. The Hall–Kier alpha value is -2.85. The van der Waals surface area contributed by atoms with Crippen LogP contribution in [0.4, 0.5) is 5.69 Å². The minimum Gasteiger partial charge on any atom is -0.345 e. The molecule has 0 aliphatic heterocycles. The molecule has 2 N–H and O–H groups in total. The molecule has 0 aliphatic carbocycles. The third kappa shape index (κ3) is 3.08. The third-order valence-corrected chi connectivity index (χ3v) is 2.26. The number of carbonyl (C=O) groups excluding carboxylic acids is 1. The van der Waals surface area contributed by atoms with Crippen molar-refractivity contribution in [2.75, 3.05) is 0 Å². The molecular weight excluding hydrogens is 256 g/mol. The monoisotopic (exact) mass is 266 g/mol. The number of rotatable bonds is 5. The normalized spacial score (nSPS) is 12.1. The minimum atomic E-state index is -0.580. The Balaban J connectivity index is 1.92. The van der Waals surface area contributed by atoms with Gasteiger partial charge in [0, 0.05) is 0 Å². The van der Waals surface area contributed by atoms with Gasteiger partial charge in [0.05, 0.1) is 11.0 Å². The Bertz CT molecular complexity index is 577. The molecule has 2 aromatic heterocycles. The lowest BCUT2D eigenvalue weighted by Gasteiger charge is -2.09. The van der Waals surface area contributed by atoms with Crippen LogP contribution in [0.15, 0.2) is 12.4 Å². The van der Waals surface area contributed by atoms with E-state index in [0.717, 1.165) is 6.20 Å². The number of nitrogens with zero attached hydrogens (tertiary/aromatic N) is 6. The van der Waals surface area contributed by atoms with Crippen LogP contribution in [0.2, 0.25) is 0 Å². The average Bonchev–Trinajstić information content (AvgIpc) is 2.98. The van der Waals surface area contributed by atoms with Crippen LogP contribution in [0, 0.1) is 10.1 Å². The van der Waals surface area contributed by atoms with Crippen molar-refractivity contribution in [3.05, 3.63) is 28.3 Å². The summed E-state index contributed by atoms with van der Waals surface area (Å²) in [4.78, 5) is 21.5. The molecule has 1 unspecified atom stereocenters. The Labute approximate surface area is 106 Å². The van der Waals surface area contributed by atoms with Gasteiger partial charge in [-0.2, -0.15) is 10.3 Å². The first kappa shape index (κ1) is 12.6. The van der Waals surface area contributed by atoms with Gasteiger partial charge in [-0.1, -0.05) is 5.21 Å². The number of aromatic nitrogens is 6. The quantitative estimate of drug-likeness (QED) is 0.531. The van der Waals surface area contributed by atoms with Gasteiger partial charge in [0.1, 0.15) is 18.9 Å². The zero-order chi connectivity index (χ0) is 13.8. The molecule has 0 spiro atoms.